The topological polar surface area (TPSA) is 124 Å². The average molecular weight is 917 g/mol. The SMILES string of the molecule is CCCCCCCCCCCCCCCCSCC(CO[C@@H]1O[C@H](COC(C)=O)[C@@H](OC(C)=O)[C@H](OC(C)=O)[C@H]1OC(C)=O)CSCCCCCCCCCCCCCCCC. The second-order valence-electron chi connectivity index (χ2n) is 17.6. The van der Waals surface area contributed by atoms with E-state index >= 15 is 0 Å². The van der Waals surface area contributed by atoms with Crippen LogP contribution in [0.25, 0.3) is 0 Å². The van der Waals surface area contributed by atoms with Gasteiger partial charge >= 0.3 is 23.9 Å². The quantitative estimate of drug-likeness (QED) is 0.0329. The maximum atomic E-state index is 12.3. The van der Waals surface area contributed by atoms with Gasteiger partial charge in [0.1, 0.15) is 12.7 Å². The first kappa shape index (κ1) is 58.5. The highest BCUT2D eigenvalue weighted by atomic mass is 32.2. The van der Waals surface area contributed by atoms with E-state index in [1.54, 1.807) is 0 Å². The summed E-state index contributed by atoms with van der Waals surface area (Å²) in [4.78, 5) is 48.6. The zero-order chi connectivity index (χ0) is 45.5. The van der Waals surface area contributed by atoms with E-state index in [2.05, 4.69) is 13.8 Å². The standard InChI is InChI=1S/C50H92O10S2/c1-7-9-11-13-15-17-19-21-23-25-27-29-31-33-35-61-39-45(40-62-36-34-32-30-28-26-24-22-20-18-16-14-12-10-8-2)37-56-50-49(59-44(6)54)48(58-43(5)53)47(57-42(4)52)46(60-50)38-55-41(3)51/h45-50H,7-40H2,1-6H3/t46-,47-,48+,49-,50-/m1/s1. The van der Waals surface area contributed by atoms with Crippen LogP contribution in [0.1, 0.15) is 221 Å². The Labute approximate surface area is 387 Å². The van der Waals surface area contributed by atoms with Crippen LogP contribution in [0, 0.1) is 5.92 Å². The van der Waals surface area contributed by atoms with Crippen LogP contribution in [0.2, 0.25) is 0 Å². The fraction of sp³-hybridized carbons (Fsp3) is 0.920. The van der Waals surface area contributed by atoms with E-state index in [4.69, 9.17) is 28.4 Å². The fourth-order valence-corrected chi connectivity index (χ4v) is 10.4. The van der Waals surface area contributed by atoms with Crippen molar-refractivity contribution in [2.24, 2.45) is 5.92 Å². The molecule has 0 spiro atoms. The number of esters is 4. The Morgan fingerprint density at radius 2 is 0.790 bits per heavy atom. The molecule has 1 aliphatic rings. The summed E-state index contributed by atoms with van der Waals surface area (Å²) in [5.41, 5.74) is 0. The molecule has 10 nitrogen and oxygen atoms in total. The Morgan fingerprint density at radius 3 is 1.15 bits per heavy atom. The average Bonchev–Trinajstić information content (AvgIpc) is 3.22. The molecule has 0 saturated carbocycles. The van der Waals surface area contributed by atoms with Gasteiger partial charge in [-0.05, 0) is 35.9 Å². The third-order valence-corrected chi connectivity index (χ3v) is 14.0. The molecule has 0 aliphatic carbocycles. The lowest BCUT2D eigenvalue weighted by Crippen LogP contribution is -2.63. The van der Waals surface area contributed by atoms with Gasteiger partial charge in [-0.25, -0.2) is 0 Å². The maximum absolute atomic E-state index is 12.3. The van der Waals surface area contributed by atoms with Crippen molar-refractivity contribution >= 4 is 47.4 Å². The minimum absolute atomic E-state index is 0.190. The number of hydrogen-bond acceptors (Lipinski definition) is 12. The smallest absolute Gasteiger partial charge is 0.303 e. The molecule has 0 aromatic heterocycles. The van der Waals surface area contributed by atoms with E-state index in [1.807, 2.05) is 23.5 Å². The number of thioether (sulfide) groups is 2. The molecule has 364 valence electrons. The molecule has 0 N–H and O–H groups in total. The van der Waals surface area contributed by atoms with Gasteiger partial charge in [-0.3, -0.25) is 19.2 Å². The molecular formula is C50H92O10S2. The van der Waals surface area contributed by atoms with Crippen molar-refractivity contribution in [3.05, 3.63) is 0 Å². The predicted molar refractivity (Wildman–Crippen MR) is 257 cm³/mol. The first-order valence-electron chi connectivity index (χ1n) is 25.2. The first-order valence-corrected chi connectivity index (χ1v) is 27.5. The Bertz CT molecular complexity index is 1070. The molecule has 1 aliphatic heterocycles. The monoisotopic (exact) mass is 917 g/mol. The number of ether oxygens (including phenoxy) is 6. The number of unbranched alkanes of at least 4 members (excludes halogenated alkanes) is 26. The van der Waals surface area contributed by atoms with Crippen LogP contribution in [-0.4, -0.2) is 90.8 Å². The van der Waals surface area contributed by atoms with Crippen molar-refractivity contribution in [1.29, 1.82) is 0 Å². The molecule has 0 radical (unpaired) electrons. The Balaban J connectivity index is 2.70. The number of carbonyl (C=O) groups is 4. The van der Waals surface area contributed by atoms with E-state index in [0.717, 1.165) is 23.0 Å². The van der Waals surface area contributed by atoms with E-state index in [0.29, 0.717) is 6.61 Å². The largest absolute Gasteiger partial charge is 0.463 e. The summed E-state index contributed by atoms with van der Waals surface area (Å²) < 4.78 is 34.7. The van der Waals surface area contributed by atoms with Crippen LogP contribution in [-0.2, 0) is 47.6 Å². The molecule has 1 rings (SSSR count). The molecule has 1 fully saturated rings. The van der Waals surface area contributed by atoms with Crippen LogP contribution in [0.15, 0.2) is 0 Å². The van der Waals surface area contributed by atoms with Crippen molar-refractivity contribution < 1.29 is 47.6 Å². The molecule has 0 aromatic carbocycles. The molecule has 0 aromatic rings. The number of rotatable bonds is 42. The van der Waals surface area contributed by atoms with E-state index in [1.165, 1.54) is 207 Å². The van der Waals surface area contributed by atoms with Gasteiger partial charge < -0.3 is 28.4 Å². The molecule has 12 heteroatoms. The summed E-state index contributed by atoms with van der Waals surface area (Å²) >= 11 is 3.91. The summed E-state index contributed by atoms with van der Waals surface area (Å²) in [5.74, 6) is 1.71. The van der Waals surface area contributed by atoms with Gasteiger partial charge in [0, 0.05) is 33.6 Å². The zero-order valence-corrected chi connectivity index (χ0v) is 42.0. The lowest BCUT2D eigenvalue weighted by molar-refractivity contribution is -0.309. The van der Waals surface area contributed by atoms with Crippen molar-refractivity contribution in [1.82, 2.24) is 0 Å². The zero-order valence-electron chi connectivity index (χ0n) is 40.4. The Kier molecular flexibility index (Phi) is 38.7. The van der Waals surface area contributed by atoms with Gasteiger partial charge in [0.25, 0.3) is 0 Å². The third kappa shape index (κ3) is 33.0. The van der Waals surface area contributed by atoms with Crippen molar-refractivity contribution in [3.8, 4) is 0 Å². The second kappa shape index (κ2) is 41.0. The normalized spacial score (nSPS) is 18.8. The van der Waals surface area contributed by atoms with E-state index in [-0.39, 0.29) is 12.5 Å². The molecule has 0 unspecified atom stereocenters. The summed E-state index contributed by atoms with van der Waals surface area (Å²) in [6.07, 6.45) is 31.9. The highest BCUT2D eigenvalue weighted by molar-refractivity contribution is 8.00. The van der Waals surface area contributed by atoms with Crippen molar-refractivity contribution in [2.75, 3.05) is 36.2 Å². The Morgan fingerprint density at radius 1 is 0.452 bits per heavy atom. The van der Waals surface area contributed by atoms with Gasteiger partial charge in [-0.15, -0.1) is 0 Å². The second-order valence-corrected chi connectivity index (χ2v) is 19.9. The molecule has 1 saturated heterocycles. The molecular weight excluding hydrogens is 825 g/mol. The van der Waals surface area contributed by atoms with Gasteiger partial charge in [-0.2, -0.15) is 23.5 Å². The summed E-state index contributed by atoms with van der Waals surface area (Å²) in [7, 11) is 0. The molecule has 0 bridgehead atoms. The fourth-order valence-electron chi connectivity index (χ4n) is 8.00. The molecule has 62 heavy (non-hydrogen) atoms. The first-order chi connectivity index (χ1) is 30.1. The highest BCUT2D eigenvalue weighted by Crippen LogP contribution is 2.31. The molecule has 0 amide bonds. The van der Waals surface area contributed by atoms with E-state index < -0.39 is 54.6 Å². The van der Waals surface area contributed by atoms with Crippen LogP contribution in [0.3, 0.4) is 0 Å². The predicted octanol–water partition coefficient (Wildman–Crippen LogP) is 13.1. The molecule has 5 atom stereocenters. The lowest BCUT2D eigenvalue weighted by Gasteiger charge is -2.44. The number of carbonyl (C=O) groups excluding carboxylic acids is 4. The van der Waals surface area contributed by atoms with Crippen LogP contribution >= 0.6 is 23.5 Å². The maximum Gasteiger partial charge on any atom is 0.303 e. The highest BCUT2D eigenvalue weighted by Gasteiger charge is 2.52. The van der Waals surface area contributed by atoms with Crippen LogP contribution in [0.5, 0.6) is 0 Å². The van der Waals surface area contributed by atoms with Crippen molar-refractivity contribution in [2.45, 2.75) is 252 Å². The minimum atomic E-state index is -1.23. The van der Waals surface area contributed by atoms with Crippen molar-refractivity contribution in [3.63, 3.8) is 0 Å². The molecule has 1 heterocycles. The number of hydrogen-bond donors (Lipinski definition) is 0. The van der Waals surface area contributed by atoms with Gasteiger partial charge in [0.2, 0.25) is 0 Å². The lowest BCUT2D eigenvalue weighted by atomic mass is 9.98. The summed E-state index contributed by atoms with van der Waals surface area (Å²) in [6, 6.07) is 0. The summed E-state index contributed by atoms with van der Waals surface area (Å²) in [6.45, 7) is 9.56. The Hall–Kier alpha value is -1.50. The minimum Gasteiger partial charge on any atom is -0.463 e. The van der Waals surface area contributed by atoms with Gasteiger partial charge in [0.05, 0.1) is 6.61 Å². The van der Waals surface area contributed by atoms with Crippen LogP contribution < -0.4 is 0 Å². The van der Waals surface area contributed by atoms with E-state index in [9.17, 15) is 19.2 Å². The van der Waals surface area contributed by atoms with Gasteiger partial charge in [0.15, 0.2) is 24.6 Å². The van der Waals surface area contributed by atoms with Gasteiger partial charge in [-0.1, -0.05) is 181 Å². The van der Waals surface area contributed by atoms with Crippen LogP contribution in [0.4, 0.5) is 0 Å². The third-order valence-electron chi connectivity index (χ3n) is 11.4. The summed E-state index contributed by atoms with van der Waals surface area (Å²) in [5, 5.41) is 0.